The maximum atomic E-state index is 12.5. The van der Waals surface area contributed by atoms with Gasteiger partial charge >= 0.3 is 23.9 Å². The van der Waals surface area contributed by atoms with Crippen molar-refractivity contribution < 1.29 is 42.9 Å². The summed E-state index contributed by atoms with van der Waals surface area (Å²) >= 11 is 0. The van der Waals surface area contributed by atoms with Gasteiger partial charge in [0.2, 0.25) is 5.78 Å². The lowest BCUT2D eigenvalue weighted by molar-refractivity contribution is -0.155. The van der Waals surface area contributed by atoms with E-state index in [4.69, 9.17) is 18.9 Å². The molecule has 0 aromatic heterocycles. The van der Waals surface area contributed by atoms with Crippen LogP contribution in [0.25, 0.3) is 0 Å². The van der Waals surface area contributed by atoms with Gasteiger partial charge in [-0.05, 0) is 89.9 Å². The molecule has 0 aliphatic carbocycles. The molecule has 0 amide bonds. The number of unbranched alkanes of at least 4 members (excludes halogenated alkanes) is 20. The maximum Gasteiger partial charge on any atom is 0.374 e. The van der Waals surface area contributed by atoms with Gasteiger partial charge in [0.15, 0.2) is 0 Å². The molecule has 0 aromatic carbocycles. The third kappa shape index (κ3) is 35.9. The quantitative estimate of drug-likeness (QED) is 0.0257. The zero-order valence-corrected chi connectivity index (χ0v) is 36.8. The monoisotopic (exact) mass is 795 g/mol. The van der Waals surface area contributed by atoms with Crippen molar-refractivity contribution in [2.24, 2.45) is 0 Å². The first-order valence-corrected chi connectivity index (χ1v) is 23.5. The Morgan fingerprint density at radius 3 is 1.09 bits per heavy atom. The van der Waals surface area contributed by atoms with Gasteiger partial charge in [-0.2, -0.15) is 0 Å². The molecule has 0 spiro atoms. The summed E-state index contributed by atoms with van der Waals surface area (Å²) in [6.07, 6.45) is 31.9. The molecule has 0 fully saturated rings. The Kier molecular flexibility index (Phi) is 39.0. The second kappa shape index (κ2) is 40.7. The van der Waals surface area contributed by atoms with Crippen LogP contribution in [-0.4, -0.2) is 55.1 Å². The Balaban J connectivity index is 4.10. The predicted octanol–water partition coefficient (Wildman–Crippen LogP) is 12.8. The van der Waals surface area contributed by atoms with Crippen molar-refractivity contribution in [3.8, 4) is 0 Å². The summed E-state index contributed by atoms with van der Waals surface area (Å²) < 4.78 is 22.0. The van der Waals surface area contributed by atoms with Gasteiger partial charge in [-0.25, -0.2) is 4.79 Å². The maximum absolute atomic E-state index is 12.5. The number of hydrogen-bond donors (Lipinski definition) is 0. The molecule has 56 heavy (non-hydrogen) atoms. The van der Waals surface area contributed by atoms with Crippen molar-refractivity contribution in [3.63, 3.8) is 0 Å². The van der Waals surface area contributed by atoms with Crippen molar-refractivity contribution in [2.75, 3.05) is 13.2 Å². The number of esters is 4. The Bertz CT molecular complexity index is 965. The zero-order chi connectivity index (χ0) is 41.3. The molecule has 0 N–H and O–H groups in total. The molecule has 0 radical (unpaired) electrons. The Labute approximate surface area is 343 Å². The predicted molar refractivity (Wildman–Crippen MR) is 226 cm³/mol. The molecule has 2 atom stereocenters. The lowest BCUT2D eigenvalue weighted by atomic mass is 10.0. The van der Waals surface area contributed by atoms with E-state index >= 15 is 0 Å². The van der Waals surface area contributed by atoms with E-state index in [0.29, 0.717) is 44.9 Å². The molecule has 9 heteroatoms. The van der Waals surface area contributed by atoms with Crippen molar-refractivity contribution in [3.05, 3.63) is 0 Å². The first-order chi connectivity index (χ1) is 27.3. The number of Topliss-reactive ketones (excluding diaryl/α,β-unsaturated/α-hetero) is 1. The largest absolute Gasteiger partial charge is 0.466 e. The molecule has 0 saturated heterocycles. The topological polar surface area (TPSA) is 122 Å². The fourth-order valence-electron chi connectivity index (χ4n) is 6.83. The highest BCUT2D eigenvalue weighted by Crippen LogP contribution is 2.19. The van der Waals surface area contributed by atoms with Crippen LogP contribution in [0.4, 0.5) is 0 Å². The summed E-state index contributed by atoms with van der Waals surface area (Å²) in [5.41, 5.74) is 0. The summed E-state index contributed by atoms with van der Waals surface area (Å²) in [5, 5.41) is 0. The molecule has 0 heterocycles. The summed E-state index contributed by atoms with van der Waals surface area (Å²) in [7, 11) is 0. The Hall–Kier alpha value is -2.45. The number of hydrogen-bond acceptors (Lipinski definition) is 9. The van der Waals surface area contributed by atoms with Gasteiger partial charge in [-0.1, -0.05) is 130 Å². The minimum atomic E-state index is -0.945. The first-order valence-electron chi connectivity index (χ1n) is 23.5. The molecule has 0 saturated carbocycles. The summed E-state index contributed by atoms with van der Waals surface area (Å²) in [6.45, 7) is 9.13. The molecule has 0 aliphatic rings. The molecule has 9 nitrogen and oxygen atoms in total. The van der Waals surface area contributed by atoms with Gasteiger partial charge in [0, 0.05) is 19.3 Å². The van der Waals surface area contributed by atoms with E-state index in [1.807, 2.05) is 0 Å². The first kappa shape index (κ1) is 53.6. The minimum absolute atomic E-state index is 0.000492. The number of ether oxygens (including phenoxy) is 4. The van der Waals surface area contributed by atoms with Crippen LogP contribution in [0.3, 0.4) is 0 Å². The van der Waals surface area contributed by atoms with Gasteiger partial charge < -0.3 is 18.9 Å². The van der Waals surface area contributed by atoms with E-state index in [2.05, 4.69) is 27.7 Å². The van der Waals surface area contributed by atoms with Crippen LogP contribution in [-0.2, 0) is 42.9 Å². The highest BCUT2D eigenvalue weighted by atomic mass is 16.6. The fourth-order valence-corrected chi connectivity index (χ4v) is 6.83. The Morgan fingerprint density at radius 1 is 0.339 bits per heavy atom. The second-order valence-corrected chi connectivity index (χ2v) is 15.9. The van der Waals surface area contributed by atoms with Crippen molar-refractivity contribution in [1.82, 2.24) is 0 Å². The molecule has 0 rings (SSSR count). The molecule has 2 unspecified atom stereocenters. The van der Waals surface area contributed by atoms with Crippen LogP contribution >= 0.6 is 0 Å². The lowest BCUT2D eigenvalue weighted by Gasteiger charge is -2.18. The van der Waals surface area contributed by atoms with Gasteiger partial charge in [0.1, 0.15) is 12.2 Å². The van der Waals surface area contributed by atoms with Crippen molar-refractivity contribution in [2.45, 2.75) is 258 Å². The highest BCUT2D eigenvalue weighted by Gasteiger charge is 2.19. The molecule has 0 bridgehead atoms. The highest BCUT2D eigenvalue weighted by molar-refractivity contribution is 6.33. The van der Waals surface area contributed by atoms with E-state index in [0.717, 1.165) is 57.8 Å². The second-order valence-electron chi connectivity index (χ2n) is 15.9. The van der Waals surface area contributed by atoms with Crippen LogP contribution < -0.4 is 0 Å². The van der Waals surface area contributed by atoms with Gasteiger partial charge in [-0.3, -0.25) is 19.2 Å². The number of carbonyl (C=O) groups is 5. The number of carbonyl (C=O) groups excluding carboxylic acids is 5. The SMILES string of the molecule is CCCCCCCCC(CCCCCC)OC(=O)CCCCCOC(=O)CCC(=O)C(=O)OCCCCCC(=O)OC(CCCCCC)CCCCCCCC. The number of ketones is 1. The van der Waals surface area contributed by atoms with E-state index in [1.165, 1.54) is 103 Å². The number of rotatable bonds is 42. The van der Waals surface area contributed by atoms with Gasteiger partial charge in [0.25, 0.3) is 0 Å². The molecular formula is C47H86O9. The van der Waals surface area contributed by atoms with Crippen LogP contribution in [0, 0.1) is 0 Å². The molecule has 328 valence electrons. The normalized spacial score (nSPS) is 12.2. The summed E-state index contributed by atoms with van der Waals surface area (Å²) in [5.74, 6) is -2.53. The lowest BCUT2D eigenvalue weighted by Crippen LogP contribution is -2.20. The van der Waals surface area contributed by atoms with E-state index in [-0.39, 0.29) is 50.2 Å². The Morgan fingerprint density at radius 2 is 0.679 bits per heavy atom. The van der Waals surface area contributed by atoms with Gasteiger partial charge in [0.05, 0.1) is 19.6 Å². The van der Waals surface area contributed by atoms with Crippen LogP contribution in [0.1, 0.15) is 246 Å². The van der Waals surface area contributed by atoms with Crippen molar-refractivity contribution in [1.29, 1.82) is 0 Å². The van der Waals surface area contributed by atoms with E-state index < -0.39 is 17.7 Å². The third-order valence-corrected chi connectivity index (χ3v) is 10.4. The van der Waals surface area contributed by atoms with Crippen LogP contribution in [0.15, 0.2) is 0 Å². The molecular weight excluding hydrogens is 709 g/mol. The van der Waals surface area contributed by atoms with Gasteiger partial charge in [-0.15, -0.1) is 0 Å². The third-order valence-electron chi connectivity index (χ3n) is 10.4. The van der Waals surface area contributed by atoms with Crippen molar-refractivity contribution >= 4 is 29.7 Å². The summed E-state index contributed by atoms with van der Waals surface area (Å²) in [4.78, 5) is 61.5. The summed E-state index contributed by atoms with van der Waals surface area (Å²) in [6, 6.07) is 0. The van der Waals surface area contributed by atoms with E-state index in [9.17, 15) is 24.0 Å². The fraction of sp³-hybridized carbons (Fsp3) is 0.894. The smallest absolute Gasteiger partial charge is 0.374 e. The average Bonchev–Trinajstić information content (AvgIpc) is 3.18. The van der Waals surface area contributed by atoms with E-state index in [1.54, 1.807) is 0 Å². The van der Waals surface area contributed by atoms with Crippen LogP contribution in [0.5, 0.6) is 0 Å². The zero-order valence-electron chi connectivity index (χ0n) is 36.8. The van der Waals surface area contributed by atoms with Crippen LogP contribution in [0.2, 0.25) is 0 Å². The molecule has 0 aromatic rings. The average molecular weight is 795 g/mol. The minimum Gasteiger partial charge on any atom is -0.466 e. The molecule has 0 aliphatic heterocycles. The standard InChI is InChI=1S/C47H86O9/c1-5-9-13-17-19-25-33-41(31-23-15-11-7-3)55-45(50)35-27-21-29-39-53-44(49)38-37-43(48)47(52)54-40-30-22-28-36-46(51)56-42(32-24-16-12-8-4)34-26-20-18-14-10-6-2/h41-42H,5-40H2,1-4H3.